The minimum atomic E-state index is -3.48. The molecule has 1 amide bonds. The van der Waals surface area contributed by atoms with Gasteiger partial charge in [0, 0.05) is 31.5 Å². The van der Waals surface area contributed by atoms with E-state index in [4.69, 9.17) is 0 Å². The number of carbonyl (C=O) groups is 2. The zero-order chi connectivity index (χ0) is 33.7. The van der Waals surface area contributed by atoms with E-state index >= 15 is 0 Å². The molecule has 0 saturated carbocycles. The van der Waals surface area contributed by atoms with Crippen molar-refractivity contribution in [2.75, 3.05) is 12.8 Å². The molecule has 4 rings (SSSR count). The van der Waals surface area contributed by atoms with Gasteiger partial charge < -0.3 is 10.4 Å². The summed E-state index contributed by atoms with van der Waals surface area (Å²) in [6.07, 6.45) is 6.29. The first-order valence-electron chi connectivity index (χ1n) is 15.6. The molecule has 1 heterocycles. The molecule has 3 N–H and O–H groups in total. The van der Waals surface area contributed by atoms with Crippen LogP contribution in [0, 0.1) is 18.8 Å². The van der Waals surface area contributed by atoms with Gasteiger partial charge in [-0.1, -0.05) is 102 Å². The van der Waals surface area contributed by atoms with Gasteiger partial charge in [-0.3, -0.25) is 10.1 Å². The number of rotatable bonds is 15. The maximum atomic E-state index is 12.5. The summed E-state index contributed by atoms with van der Waals surface area (Å²) in [5.41, 5.74) is 4.35. The lowest BCUT2D eigenvalue weighted by Gasteiger charge is -2.37. The Morgan fingerprint density at radius 3 is 1.98 bits per heavy atom. The summed E-state index contributed by atoms with van der Waals surface area (Å²) >= 11 is 0. The summed E-state index contributed by atoms with van der Waals surface area (Å²) in [5.74, 6) is 4.34. The lowest BCUT2D eigenvalue weighted by Crippen LogP contribution is -2.45. The molecular weight excluding hydrogens is 612 g/mol. The quantitative estimate of drug-likeness (QED) is 0.0704. The third-order valence-electron chi connectivity index (χ3n) is 7.74. The zero-order valence-corrected chi connectivity index (χ0v) is 27.5. The van der Waals surface area contributed by atoms with Gasteiger partial charge in [-0.2, -0.15) is 0 Å². The number of benzene rings is 3. The molecule has 0 saturated heterocycles. The van der Waals surface area contributed by atoms with Crippen LogP contribution >= 0.6 is 0 Å². The lowest BCUT2D eigenvalue weighted by molar-refractivity contribution is -0.142. The second-order valence-electron chi connectivity index (χ2n) is 11.4. The van der Waals surface area contributed by atoms with Gasteiger partial charge in [-0.05, 0) is 55.8 Å². The molecule has 3 aromatic carbocycles. The van der Waals surface area contributed by atoms with Crippen molar-refractivity contribution in [1.29, 1.82) is 0 Å². The fourth-order valence-corrected chi connectivity index (χ4v) is 5.82. The van der Waals surface area contributed by atoms with E-state index in [0.717, 1.165) is 22.9 Å². The Labute approximate surface area is 276 Å². The van der Waals surface area contributed by atoms with Gasteiger partial charge in [0.25, 0.3) is 0 Å². The normalized spacial score (nSPS) is 12.0. The van der Waals surface area contributed by atoms with Crippen LogP contribution in [0.2, 0.25) is 0 Å². The number of unbranched alkanes of at least 4 members (excludes halogenated alkanes) is 2. The topological polar surface area (TPSA) is 138 Å². The molecule has 0 fully saturated rings. The molecule has 0 aliphatic carbocycles. The van der Waals surface area contributed by atoms with Crippen LogP contribution < -0.4 is 10.6 Å². The van der Waals surface area contributed by atoms with Crippen LogP contribution in [0.4, 0.5) is 0 Å². The highest BCUT2D eigenvalue weighted by atomic mass is 32.2. The summed E-state index contributed by atoms with van der Waals surface area (Å²) in [5, 5.41) is 16.0. The minimum Gasteiger partial charge on any atom is -0.480 e. The maximum Gasteiger partial charge on any atom is 0.326 e. The first-order valence-corrected chi connectivity index (χ1v) is 17.4. The monoisotopic (exact) mass is 652 g/mol. The molecule has 1 atom stereocenters. The largest absolute Gasteiger partial charge is 0.480 e. The van der Waals surface area contributed by atoms with E-state index in [1.807, 2.05) is 36.4 Å². The highest BCUT2D eigenvalue weighted by Crippen LogP contribution is 2.37. The van der Waals surface area contributed by atoms with Crippen LogP contribution in [0.25, 0.3) is 0 Å². The van der Waals surface area contributed by atoms with Crippen molar-refractivity contribution < 1.29 is 23.1 Å². The summed E-state index contributed by atoms with van der Waals surface area (Å²) in [7, 11) is -3.48. The molecule has 0 radical (unpaired) electrons. The second-order valence-corrected chi connectivity index (χ2v) is 13.3. The molecule has 4 aromatic rings. The molecule has 10 heteroatoms. The van der Waals surface area contributed by atoms with Gasteiger partial charge in [0.1, 0.15) is 6.04 Å². The zero-order valence-electron chi connectivity index (χ0n) is 26.6. The van der Waals surface area contributed by atoms with E-state index in [1.165, 1.54) is 18.0 Å². The van der Waals surface area contributed by atoms with E-state index in [0.29, 0.717) is 44.2 Å². The molecule has 0 spiro atoms. The number of aromatic nitrogens is 2. The van der Waals surface area contributed by atoms with E-state index in [9.17, 15) is 23.1 Å². The number of hydrogen-bond acceptors (Lipinski definition) is 7. The van der Waals surface area contributed by atoms with Crippen molar-refractivity contribution >= 4 is 21.7 Å². The van der Waals surface area contributed by atoms with Crippen molar-refractivity contribution in [3.05, 3.63) is 125 Å². The number of aliphatic carboxylic acids is 1. The highest BCUT2D eigenvalue weighted by molar-refractivity contribution is 7.90. The number of amides is 1. The van der Waals surface area contributed by atoms with Crippen molar-refractivity contribution in [2.24, 2.45) is 0 Å². The van der Waals surface area contributed by atoms with Gasteiger partial charge >= 0.3 is 5.97 Å². The number of carboxylic acids is 1. The highest BCUT2D eigenvalue weighted by Gasteiger charge is 2.35. The number of nitrogens with one attached hydrogen (secondary N) is 2. The van der Waals surface area contributed by atoms with Crippen LogP contribution in [0.1, 0.15) is 66.3 Å². The average molecular weight is 653 g/mol. The van der Waals surface area contributed by atoms with Crippen molar-refractivity contribution in [3.8, 4) is 11.8 Å². The molecule has 0 unspecified atom stereocenters. The summed E-state index contributed by atoms with van der Waals surface area (Å²) in [6.45, 7) is 2.69. The summed E-state index contributed by atoms with van der Waals surface area (Å²) in [6, 6.07) is 28.2. The minimum absolute atomic E-state index is 0.136. The van der Waals surface area contributed by atoms with Gasteiger partial charge in [-0.25, -0.2) is 23.2 Å². The van der Waals surface area contributed by atoms with Gasteiger partial charge in [-0.15, -0.1) is 0 Å². The molecule has 0 aliphatic heterocycles. The van der Waals surface area contributed by atoms with Crippen LogP contribution in [0.5, 0.6) is 0 Å². The Balaban J connectivity index is 1.31. The first kappa shape index (κ1) is 35.0. The first-order chi connectivity index (χ1) is 22.6. The summed E-state index contributed by atoms with van der Waals surface area (Å²) in [4.78, 5) is 32.1. The van der Waals surface area contributed by atoms with Gasteiger partial charge in [0.2, 0.25) is 20.9 Å². The Kier molecular flexibility index (Phi) is 12.4. The molecule has 47 heavy (non-hydrogen) atoms. The van der Waals surface area contributed by atoms with Crippen LogP contribution in [0.3, 0.4) is 0 Å². The number of nitrogens with zero attached hydrogens (tertiary/aromatic N) is 2. The van der Waals surface area contributed by atoms with Crippen LogP contribution in [-0.2, 0) is 25.0 Å². The Bertz CT molecular complexity index is 1750. The van der Waals surface area contributed by atoms with E-state index in [-0.39, 0.29) is 17.5 Å². The second kappa shape index (κ2) is 16.6. The van der Waals surface area contributed by atoms with E-state index in [2.05, 4.69) is 87.9 Å². The Morgan fingerprint density at radius 1 is 0.851 bits per heavy atom. The van der Waals surface area contributed by atoms with E-state index < -0.39 is 27.4 Å². The third kappa shape index (κ3) is 9.82. The number of sulfone groups is 1. The third-order valence-corrected chi connectivity index (χ3v) is 8.61. The van der Waals surface area contributed by atoms with Gasteiger partial charge in [0.05, 0.1) is 11.1 Å². The fraction of sp³-hybridized carbons (Fsp3) is 0.297. The standard InChI is InChI=1S/C37H40N4O5S/c1-28-21-23-32(24-22-28)37(30-15-7-4-8-16-30,31-17-9-5-10-18-31)40-25-13-12-19-33(35(43)44)41-34(42)20-11-3-6-14-29-26-38-36(39-27-29)47(2,45)46/h4-5,7-10,15-18,21-24,26-27,33,40H,3,11-13,19-20,25H2,1-2H3,(H,41,42)(H,43,44)/t33-/m0/s1. The Hall–Kier alpha value is -4.85. The number of hydrogen-bond donors (Lipinski definition) is 3. The maximum absolute atomic E-state index is 12.5. The number of aryl methyl sites for hydroxylation is 1. The van der Waals surface area contributed by atoms with Crippen molar-refractivity contribution in [2.45, 2.75) is 62.2 Å². The molecule has 9 nitrogen and oxygen atoms in total. The molecule has 1 aromatic heterocycles. The predicted molar refractivity (Wildman–Crippen MR) is 181 cm³/mol. The number of carbonyl (C=O) groups excluding carboxylic acids is 1. The van der Waals surface area contributed by atoms with Crippen LogP contribution in [0.15, 0.2) is 102 Å². The molecular formula is C37H40N4O5S. The molecule has 0 aliphatic rings. The summed E-state index contributed by atoms with van der Waals surface area (Å²) < 4.78 is 22.9. The number of carboxylic acid groups (broad SMARTS) is 1. The average Bonchev–Trinajstić information content (AvgIpc) is 3.07. The van der Waals surface area contributed by atoms with Crippen LogP contribution in [-0.4, -0.2) is 54.2 Å². The lowest BCUT2D eigenvalue weighted by atomic mass is 9.76. The molecule has 0 bridgehead atoms. The van der Waals surface area contributed by atoms with E-state index in [1.54, 1.807) is 0 Å². The predicted octanol–water partition coefficient (Wildman–Crippen LogP) is 5.03. The van der Waals surface area contributed by atoms with Gasteiger partial charge in [0.15, 0.2) is 0 Å². The van der Waals surface area contributed by atoms with Crippen molar-refractivity contribution in [3.63, 3.8) is 0 Å². The Morgan fingerprint density at radius 2 is 1.43 bits per heavy atom. The van der Waals surface area contributed by atoms with Crippen molar-refractivity contribution in [1.82, 2.24) is 20.6 Å². The SMILES string of the molecule is Cc1ccc(C(NCCCC[C@H](NC(=O)CCCC#Cc2cnc(S(C)(=O)=O)nc2)C(=O)O)(c2ccccc2)c2ccccc2)cc1. The molecule has 244 valence electrons. The smallest absolute Gasteiger partial charge is 0.326 e. The fourth-order valence-electron chi connectivity index (χ4n) is 5.33.